The summed E-state index contributed by atoms with van der Waals surface area (Å²) in [6, 6.07) is 19.5. The van der Waals surface area contributed by atoms with Gasteiger partial charge in [-0.05, 0) is 36.3 Å². The van der Waals surface area contributed by atoms with Crippen molar-refractivity contribution in [1.82, 2.24) is 4.90 Å². The number of hydrogen-bond donors (Lipinski definition) is 0. The van der Waals surface area contributed by atoms with Gasteiger partial charge in [-0.25, -0.2) is 0 Å². The number of carbonyl (C=O) groups excluding carboxylic acids is 2. The highest BCUT2D eigenvalue weighted by molar-refractivity contribution is 6.12. The Hall–Kier alpha value is -2.68. The highest BCUT2D eigenvalue weighted by Crippen LogP contribution is 2.62. The van der Waals surface area contributed by atoms with Crippen LogP contribution >= 0.6 is 0 Å². The van der Waals surface area contributed by atoms with Gasteiger partial charge in [-0.3, -0.25) is 14.5 Å². The van der Waals surface area contributed by atoms with Gasteiger partial charge in [0.25, 0.3) is 0 Å². The van der Waals surface area contributed by atoms with Crippen LogP contribution in [0.3, 0.4) is 0 Å². The van der Waals surface area contributed by atoms with Crippen LogP contribution in [0, 0.1) is 17.8 Å². The largest absolute Gasteiger partial charge is 0.274 e. The molecular formula is C23H21NO2. The number of rotatable bonds is 3. The lowest BCUT2D eigenvalue weighted by molar-refractivity contribution is -0.143. The van der Waals surface area contributed by atoms with Gasteiger partial charge in [0.1, 0.15) is 0 Å². The molecule has 2 aromatic rings. The summed E-state index contributed by atoms with van der Waals surface area (Å²) in [5.74, 6) is -0.00789. The van der Waals surface area contributed by atoms with E-state index in [4.69, 9.17) is 0 Å². The Bertz CT molecular complexity index is 904. The van der Waals surface area contributed by atoms with Gasteiger partial charge < -0.3 is 0 Å². The first-order chi connectivity index (χ1) is 12.7. The minimum atomic E-state index is -0.721. The van der Waals surface area contributed by atoms with E-state index in [2.05, 4.69) is 12.2 Å². The molecule has 3 nitrogen and oxygen atoms in total. The predicted octanol–water partition coefficient (Wildman–Crippen LogP) is 3.88. The van der Waals surface area contributed by atoms with E-state index in [1.54, 1.807) is 4.90 Å². The minimum absolute atomic E-state index is 0.00736. The Labute approximate surface area is 153 Å². The van der Waals surface area contributed by atoms with E-state index >= 15 is 0 Å². The average Bonchev–Trinajstić information content (AvgIpc) is 3.35. The zero-order chi connectivity index (χ0) is 17.9. The van der Waals surface area contributed by atoms with Crippen molar-refractivity contribution in [3.05, 3.63) is 83.9 Å². The van der Waals surface area contributed by atoms with Gasteiger partial charge in [-0.15, -0.1) is 0 Å². The summed E-state index contributed by atoms with van der Waals surface area (Å²) in [5.41, 5.74) is 1.27. The molecule has 2 aromatic carbocycles. The Morgan fingerprint density at radius 2 is 1.62 bits per heavy atom. The fourth-order valence-electron chi connectivity index (χ4n) is 5.48. The molecule has 2 fully saturated rings. The molecule has 0 N–H and O–H groups in total. The van der Waals surface area contributed by atoms with Gasteiger partial charge >= 0.3 is 0 Å². The third-order valence-electron chi connectivity index (χ3n) is 6.62. The van der Waals surface area contributed by atoms with Crippen molar-refractivity contribution in [3.63, 3.8) is 0 Å². The molecule has 3 aliphatic rings. The molecule has 1 aliphatic heterocycles. The van der Waals surface area contributed by atoms with Crippen LogP contribution in [0.4, 0.5) is 0 Å². The maximum atomic E-state index is 13.8. The number of fused-ring (bicyclic) bond motifs is 5. The Kier molecular flexibility index (Phi) is 3.24. The number of amides is 2. The Morgan fingerprint density at radius 3 is 2.31 bits per heavy atom. The smallest absolute Gasteiger partial charge is 0.241 e. The number of likely N-dealkylation sites (tertiary alicyclic amines) is 1. The van der Waals surface area contributed by atoms with Crippen molar-refractivity contribution >= 4 is 11.8 Å². The second kappa shape index (κ2) is 5.41. The standard InChI is InChI=1S/C23H21NO2/c1-15(16-8-4-2-5-9-16)24-21(25)20-17-12-13-19(14-17)23(20,22(24)26)18-10-6-3-7-11-18/h2-13,15,17,19-20H,14H2,1H3/t15-,17+,19-,20-,23-/m0/s1. The molecule has 0 unspecified atom stereocenters. The zero-order valence-electron chi connectivity index (χ0n) is 14.7. The quantitative estimate of drug-likeness (QED) is 0.626. The average molecular weight is 343 g/mol. The molecule has 26 heavy (non-hydrogen) atoms. The van der Waals surface area contributed by atoms with Gasteiger partial charge in [-0.2, -0.15) is 0 Å². The molecule has 1 saturated carbocycles. The fourth-order valence-corrected chi connectivity index (χ4v) is 5.48. The third-order valence-corrected chi connectivity index (χ3v) is 6.62. The molecular weight excluding hydrogens is 322 g/mol. The van der Waals surface area contributed by atoms with Crippen LogP contribution in [0.2, 0.25) is 0 Å². The number of benzene rings is 2. The number of imide groups is 1. The number of hydrogen-bond acceptors (Lipinski definition) is 2. The van der Waals surface area contributed by atoms with Crippen LogP contribution in [0.1, 0.15) is 30.5 Å². The molecule has 0 radical (unpaired) electrons. The van der Waals surface area contributed by atoms with Crippen molar-refractivity contribution in [2.24, 2.45) is 17.8 Å². The van der Waals surface area contributed by atoms with E-state index in [0.717, 1.165) is 17.5 Å². The number of allylic oxidation sites excluding steroid dienone is 2. The lowest BCUT2D eigenvalue weighted by Crippen LogP contribution is -2.44. The molecule has 5 rings (SSSR count). The zero-order valence-corrected chi connectivity index (χ0v) is 14.7. The molecule has 130 valence electrons. The first-order valence-electron chi connectivity index (χ1n) is 9.32. The molecule has 2 aliphatic carbocycles. The summed E-state index contributed by atoms with van der Waals surface area (Å²) in [5, 5.41) is 0. The normalized spacial score (nSPS) is 33.0. The van der Waals surface area contributed by atoms with Gasteiger partial charge in [0.15, 0.2) is 0 Å². The van der Waals surface area contributed by atoms with Gasteiger partial charge in [-0.1, -0.05) is 72.8 Å². The molecule has 5 atom stereocenters. The van der Waals surface area contributed by atoms with Gasteiger partial charge in [0.2, 0.25) is 11.8 Å². The SMILES string of the molecule is C[C@@H](c1ccccc1)N1C(=O)[C@@H]2[C@@H]3C=C[C@@H](C3)[C@]2(c2ccccc2)C1=O. The van der Waals surface area contributed by atoms with Gasteiger partial charge in [0.05, 0.1) is 17.4 Å². The molecule has 0 aromatic heterocycles. The lowest BCUT2D eigenvalue weighted by Gasteiger charge is -2.34. The van der Waals surface area contributed by atoms with Crippen LogP contribution < -0.4 is 0 Å². The summed E-state index contributed by atoms with van der Waals surface area (Å²) in [7, 11) is 0. The van der Waals surface area contributed by atoms with Crippen LogP contribution in [-0.4, -0.2) is 16.7 Å². The highest BCUT2D eigenvalue weighted by atomic mass is 16.2. The second-order valence-corrected chi connectivity index (χ2v) is 7.70. The predicted molar refractivity (Wildman–Crippen MR) is 99.1 cm³/mol. The van der Waals surface area contributed by atoms with Crippen molar-refractivity contribution in [3.8, 4) is 0 Å². The van der Waals surface area contributed by atoms with E-state index in [9.17, 15) is 9.59 Å². The van der Waals surface area contributed by atoms with Crippen LogP contribution in [0.25, 0.3) is 0 Å². The summed E-state index contributed by atoms with van der Waals surface area (Å²) in [6.07, 6.45) is 5.22. The number of nitrogens with zero attached hydrogens (tertiary/aromatic N) is 1. The van der Waals surface area contributed by atoms with Crippen LogP contribution in [0.5, 0.6) is 0 Å². The molecule has 0 spiro atoms. The lowest BCUT2D eigenvalue weighted by atomic mass is 9.65. The molecule has 3 heteroatoms. The summed E-state index contributed by atoms with van der Waals surface area (Å²) < 4.78 is 0. The van der Waals surface area contributed by atoms with E-state index in [1.165, 1.54) is 0 Å². The van der Waals surface area contributed by atoms with E-state index in [1.807, 2.05) is 67.6 Å². The van der Waals surface area contributed by atoms with Crippen molar-refractivity contribution in [2.45, 2.75) is 24.8 Å². The van der Waals surface area contributed by atoms with Crippen LogP contribution in [0.15, 0.2) is 72.8 Å². The molecule has 1 saturated heterocycles. The van der Waals surface area contributed by atoms with E-state index < -0.39 is 5.41 Å². The minimum Gasteiger partial charge on any atom is -0.274 e. The van der Waals surface area contributed by atoms with E-state index in [-0.39, 0.29) is 35.6 Å². The Morgan fingerprint density at radius 1 is 0.962 bits per heavy atom. The maximum absolute atomic E-state index is 13.8. The van der Waals surface area contributed by atoms with Crippen molar-refractivity contribution in [2.75, 3.05) is 0 Å². The van der Waals surface area contributed by atoms with Gasteiger partial charge in [0, 0.05) is 0 Å². The fraction of sp³-hybridized carbons (Fsp3) is 0.304. The molecule has 2 bridgehead atoms. The first kappa shape index (κ1) is 15.6. The second-order valence-electron chi connectivity index (χ2n) is 7.70. The first-order valence-corrected chi connectivity index (χ1v) is 9.32. The molecule has 2 amide bonds. The van der Waals surface area contributed by atoms with Crippen molar-refractivity contribution < 1.29 is 9.59 Å². The Balaban J connectivity index is 1.65. The summed E-state index contributed by atoms with van der Waals surface area (Å²) in [4.78, 5) is 28.8. The highest BCUT2D eigenvalue weighted by Gasteiger charge is 2.70. The number of carbonyl (C=O) groups is 2. The monoisotopic (exact) mass is 343 g/mol. The topological polar surface area (TPSA) is 37.4 Å². The summed E-state index contributed by atoms with van der Waals surface area (Å²) in [6.45, 7) is 1.96. The van der Waals surface area contributed by atoms with Crippen molar-refractivity contribution in [1.29, 1.82) is 0 Å². The van der Waals surface area contributed by atoms with Crippen LogP contribution in [-0.2, 0) is 15.0 Å². The molecule has 1 heterocycles. The summed E-state index contributed by atoms with van der Waals surface area (Å²) >= 11 is 0. The third kappa shape index (κ3) is 1.78. The van der Waals surface area contributed by atoms with E-state index in [0.29, 0.717) is 0 Å². The maximum Gasteiger partial charge on any atom is 0.241 e.